The first-order valence-corrected chi connectivity index (χ1v) is 4.29. The minimum atomic E-state index is 0.772. The van der Waals surface area contributed by atoms with Gasteiger partial charge in [-0.25, -0.2) is 0 Å². The van der Waals surface area contributed by atoms with Gasteiger partial charge >= 0.3 is 0 Å². The predicted molar refractivity (Wildman–Crippen MR) is 53.3 cm³/mol. The smallest absolute Gasteiger partial charge is 0.165 e. The number of hydrogen-bond donors (Lipinski definition) is 1. The molecule has 3 heteroatoms. The zero-order chi connectivity index (χ0) is 7.84. The summed E-state index contributed by atoms with van der Waals surface area (Å²) < 4.78 is 6.23. The van der Waals surface area contributed by atoms with E-state index in [1.54, 1.807) is 0 Å². The number of benzene rings is 1. The number of fused-ring (bicyclic) bond motifs is 1. The number of halogens is 1. The van der Waals surface area contributed by atoms with Crippen LogP contribution in [0.25, 0.3) is 11.0 Å². The quantitative estimate of drug-likeness (QED) is 0.583. The van der Waals surface area contributed by atoms with Crippen molar-refractivity contribution in [2.24, 2.45) is 0 Å². The van der Waals surface area contributed by atoms with Gasteiger partial charge in [-0.1, -0.05) is 6.07 Å². The van der Waals surface area contributed by atoms with Crippen molar-refractivity contribution in [2.45, 2.75) is 0 Å². The van der Waals surface area contributed by atoms with E-state index < -0.39 is 0 Å². The average molecular weight is 259 g/mol. The van der Waals surface area contributed by atoms with Crippen LogP contribution in [0.15, 0.2) is 28.7 Å². The van der Waals surface area contributed by atoms with E-state index in [1.807, 2.05) is 24.3 Å². The van der Waals surface area contributed by atoms with Crippen molar-refractivity contribution in [3.63, 3.8) is 0 Å². The van der Waals surface area contributed by atoms with Crippen molar-refractivity contribution in [2.75, 3.05) is 5.73 Å². The molecule has 1 aromatic heterocycles. The fourth-order valence-corrected chi connectivity index (χ4v) is 1.60. The van der Waals surface area contributed by atoms with E-state index in [-0.39, 0.29) is 0 Å². The molecule has 0 aliphatic heterocycles. The maximum atomic E-state index is 5.71. The first kappa shape index (κ1) is 6.97. The van der Waals surface area contributed by atoms with Gasteiger partial charge in [-0.2, -0.15) is 0 Å². The number of nitrogen functional groups attached to an aromatic ring is 1. The van der Waals surface area contributed by atoms with Crippen molar-refractivity contribution < 1.29 is 4.42 Å². The van der Waals surface area contributed by atoms with Crippen LogP contribution < -0.4 is 5.73 Å². The lowest BCUT2D eigenvalue weighted by atomic mass is 10.2. The summed E-state index contributed by atoms with van der Waals surface area (Å²) in [5.41, 5.74) is 7.33. The SMILES string of the molecule is Nc1cccc2oc(I)cc12. The molecule has 11 heavy (non-hydrogen) atoms. The standard InChI is InChI=1S/C8H6INO/c9-8-4-5-6(10)2-1-3-7(5)11-8/h1-4H,10H2. The van der Waals surface area contributed by atoms with Gasteiger partial charge in [-0.3, -0.25) is 0 Å². The molecule has 2 nitrogen and oxygen atoms in total. The zero-order valence-corrected chi connectivity index (χ0v) is 7.83. The number of rotatable bonds is 0. The van der Waals surface area contributed by atoms with Crippen LogP contribution in [-0.4, -0.2) is 0 Å². The molecule has 0 spiro atoms. The molecule has 0 aliphatic rings. The van der Waals surface area contributed by atoms with Gasteiger partial charge in [0.05, 0.1) is 0 Å². The molecule has 0 fully saturated rings. The fourth-order valence-electron chi connectivity index (χ4n) is 1.05. The lowest BCUT2D eigenvalue weighted by molar-refractivity contribution is 0.584. The summed E-state index contributed by atoms with van der Waals surface area (Å²) in [6.45, 7) is 0. The van der Waals surface area contributed by atoms with E-state index in [0.29, 0.717) is 0 Å². The highest BCUT2D eigenvalue weighted by Crippen LogP contribution is 2.24. The summed E-state index contributed by atoms with van der Waals surface area (Å²) in [4.78, 5) is 0. The fraction of sp³-hybridized carbons (Fsp3) is 0. The molecule has 0 radical (unpaired) electrons. The molecule has 2 rings (SSSR count). The largest absolute Gasteiger partial charge is 0.450 e. The van der Waals surface area contributed by atoms with E-state index in [2.05, 4.69) is 22.6 Å². The van der Waals surface area contributed by atoms with Crippen LogP contribution in [0.3, 0.4) is 0 Å². The summed E-state index contributed by atoms with van der Waals surface area (Å²) in [5.74, 6) is 0. The Bertz CT molecular complexity index is 394. The molecule has 0 amide bonds. The molecule has 0 bridgehead atoms. The normalized spacial score (nSPS) is 10.6. The monoisotopic (exact) mass is 259 g/mol. The lowest BCUT2D eigenvalue weighted by Crippen LogP contribution is -1.82. The Hall–Kier alpha value is -0.710. The summed E-state index contributed by atoms with van der Waals surface area (Å²) in [6.07, 6.45) is 0. The minimum Gasteiger partial charge on any atom is -0.450 e. The third kappa shape index (κ3) is 1.09. The van der Waals surface area contributed by atoms with Gasteiger partial charge in [-0.15, -0.1) is 0 Å². The summed E-state index contributed by atoms with van der Waals surface area (Å²) in [5, 5.41) is 0.997. The Kier molecular flexibility index (Phi) is 1.52. The van der Waals surface area contributed by atoms with E-state index >= 15 is 0 Å². The highest BCUT2D eigenvalue weighted by Gasteiger charge is 2.01. The molecular formula is C8H6INO. The number of anilines is 1. The Balaban J connectivity index is 2.90. The number of nitrogens with two attached hydrogens (primary N) is 1. The van der Waals surface area contributed by atoms with Crippen LogP contribution in [0.5, 0.6) is 0 Å². The first-order chi connectivity index (χ1) is 5.27. The molecule has 0 atom stereocenters. The molecule has 2 N–H and O–H groups in total. The second-order valence-electron chi connectivity index (χ2n) is 2.31. The highest BCUT2D eigenvalue weighted by atomic mass is 127. The topological polar surface area (TPSA) is 39.2 Å². The molecule has 2 aromatic rings. The molecule has 0 unspecified atom stereocenters. The van der Waals surface area contributed by atoms with Crippen molar-refractivity contribution in [3.05, 3.63) is 28.0 Å². The predicted octanol–water partition coefficient (Wildman–Crippen LogP) is 2.62. The van der Waals surface area contributed by atoms with Crippen molar-refractivity contribution in [1.29, 1.82) is 0 Å². The third-order valence-corrected chi connectivity index (χ3v) is 2.10. The zero-order valence-electron chi connectivity index (χ0n) is 5.67. The number of hydrogen-bond acceptors (Lipinski definition) is 2. The molecule has 0 aliphatic carbocycles. The Morgan fingerprint density at radius 3 is 2.91 bits per heavy atom. The van der Waals surface area contributed by atoms with Crippen LogP contribution in [0, 0.1) is 3.77 Å². The van der Waals surface area contributed by atoms with E-state index in [4.69, 9.17) is 10.2 Å². The maximum Gasteiger partial charge on any atom is 0.165 e. The number of furan rings is 1. The maximum absolute atomic E-state index is 5.71. The van der Waals surface area contributed by atoms with Crippen LogP contribution in [0.4, 0.5) is 5.69 Å². The molecule has 56 valence electrons. The summed E-state index contributed by atoms with van der Waals surface area (Å²) in [7, 11) is 0. The van der Waals surface area contributed by atoms with Gasteiger partial charge < -0.3 is 10.2 Å². The van der Waals surface area contributed by atoms with Crippen LogP contribution in [0.2, 0.25) is 0 Å². The van der Waals surface area contributed by atoms with Crippen molar-refractivity contribution in [1.82, 2.24) is 0 Å². The van der Waals surface area contributed by atoms with Gasteiger partial charge in [0.25, 0.3) is 0 Å². The average Bonchev–Trinajstić information content (AvgIpc) is 2.31. The van der Waals surface area contributed by atoms with Gasteiger partial charge in [0.2, 0.25) is 0 Å². The van der Waals surface area contributed by atoms with Gasteiger partial charge in [0.1, 0.15) is 5.58 Å². The van der Waals surface area contributed by atoms with Crippen LogP contribution in [-0.2, 0) is 0 Å². The van der Waals surface area contributed by atoms with E-state index in [1.165, 1.54) is 0 Å². The Labute approximate surface area is 77.5 Å². The van der Waals surface area contributed by atoms with Crippen molar-refractivity contribution >= 4 is 39.2 Å². The lowest BCUT2D eigenvalue weighted by Gasteiger charge is -1.90. The summed E-state index contributed by atoms with van der Waals surface area (Å²) in [6, 6.07) is 7.60. The second-order valence-corrected chi connectivity index (χ2v) is 3.37. The first-order valence-electron chi connectivity index (χ1n) is 3.21. The second kappa shape index (κ2) is 2.41. The molecule has 0 saturated heterocycles. The molecule has 0 saturated carbocycles. The van der Waals surface area contributed by atoms with E-state index in [0.717, 1.165) is 20.4 Å². The highest BCUT2D eigenvalue weighted by molar-refractivity contribution is 14.1. The third-order valence-electron chi connectivity index (χ3n) is 1.57. The van der Waals surface area contributed by atoms with Crippen LogP contribution in [0.1, 0.15) is 0 Å². The Morgan fingerprint density at radius 1 is 1.36 bits per heavy atom. The molecule has 1 aromatic carbocycles. The van der Waals surface area contributed by atoms with Gasteiger partial charge in [0, 0.05) is 17.1 Å². The Morgan fingerprint density at radius 2 is 2.18 bits per heavy atom. The summed E-state index contributed by atoms with van der Waals surface area (Å²) >= 11 is 2.13. The minimum absolute atomic E-state index is 0.772. The van der Waals surface area contributed by atoms with E-state index in [9.17, 15) is 0 Å². The molecule has 1 heterocycles. The molecular weight excluding hydrogens is 253 g/mol. The van der Waals surface area contributed by atoms with Crippen molar-refractivity contribution in [3.8, 4) is 0 Å². The van der Waals surface area contributed by atoms with Gasteiger partial charge in [0.15, 0.2) is 3.77 Å². The van der Waals surface area contributed by atoms with Crippen LogP contribution >= 0.6 is 22.6 Å². The van der Waals surface area contributed by atoms with Gasteiger partial charge in [-0.05, 0) is 34.7 Å².